The number of hydrogen-bond acceptors (Lipinski definition) is 4. The average Bonchev–Trinajstić information content (AvgIpc) is 2.38. The van der Waals surface area contributed by atoms with E-state index in [0.717, 1.165) is 0 Å². The topological polar surface area (TPSA) is 77.5 Å². The van der Waals surface area contributed by atoms with Gasteiger partial charge in [-0.05, 0) is 13.3 Å². The van der Waals surface area contributed by atoms with Gasteiger partial charge in [0.05, 0.1) is 0 Å². The number of imide groups is 1. The van der Waals surface area contributed by atoms with Crippen molar-refractivity contribution in [2.45, 2.75) is 19.8 Å². The van der Waals surface area contributed by atoms with Crippen LogP contribution in [0.15, 0.2) is 0 Å². The molecule has 1 saturated heterocycles. The number of carbonyl (C=O) groups excluding carboxylic acids is 2. The zero-order chi connectivity index (χ0) is 10.7. The van der Waals surface area contributed by atoms with E-state index in [1.54, 1.807) is 6.92 Å². The Morgan fingerprint density at radius 2 is 2.21 bits per heavy atom. The molecular weight excluding hydrogens is 206 g/mol. The fourth-order valence-corrected chi connectivity index (χ4v) is 2.02. The number of nitrogens with zero attached hydrogens (tertiary/aromatic N) is 1. The van der Waals surface area contributed by atoms with Crippen molar-refractivity contribution < 1.29 is 18.4 Å². The van der Waals surface area contributed by atoms with Gasteiger partial charge in [-0.15, -0.1) is 0 Å². The summed E-state index contributed by atoms with van der Waals surface area (Å²) in [7, 11) is 0. The maximum atomic E-state index is 11.5. The third-order valence-corrected chi connectivity index (χ3v) is 2.86. The lowest BCUT2D eigenvalue weighted by atomic mass is 10.1. The maximum absolute atomic E-state index is 11.5. The van der Waals surface area contributed by atoms with Gasteiger partial charge in [-0.1, -0.05) is 11.1 Å². The van der Waals surface area contributed by atoms with Crippen molar-refractivity contribution in [2.75, 3.05) is 12.3 Å². The zero-order valence-electron chi connectivity index (χ0n) is 7.89. The third kappa shape index (κ3) is 2.39. The smallest absolute Gasteiger partial charge is 0.232 e. The highest BCUT2D eigenvalue weighted by molar-refractivity contribution is 7.79. The first kappa shape index (κ1) is 11.3. The standard InChI is InChI=1S/C8H13NO4S/c1-2-9-7(10)5-6(8(9)11)3-4-14(12)13/h6H,2-5H2,1H3,(H,12,13)/p-1. The summed E-state index contributed by atoms with van der Waals surface area (Å²) in [4.78, 5) is 23.9. The van der Waals surface area contributed by atoms with Crippen LogP contribution in [0.25, 0.3) is 0 Å². The lowest BCUT2D eigenvalue weighted by Gasteiger charge is -2.12. The van der Waals surface area contributed by atoms with Gasteiger partial charge in [-0.3, -0.25) is 18.7 Å². The van der Waals surface area contributed by atoms with Gasteiger partial charge in [0, 0.05) is 24.6 Å². The summed E-state index contributed by atoms with van der Waals surface area (Å²) in [5.41, 5.74) is 0. The highest BCUT2D eigenvalue weighted by atomic mass is 32.2. The molecule has 1 rings (SSSR count). The molecule has 0 aromatic carbocycles. The minimum absolute atomic E-state index is 0.0543. The Balaban J connectivity index is 2.53. The van der Waals surface area contributed by atoms with E-state index in [0.29, 0.717) is 6.54 Å². The molecule has 1 fully saturated rings. The summed E-state index contributed by atoms with van der Waals surface area (Å²) in [6.07, 6.45) is 0.404. The Kier molecular flexibility index (Phi) is 3.77. The number of hydrogen-bond donors (Lipinski definition) is 0. The Morgan fingerprint density at radius 3 is 2.64 bits per heavy atom. The Morgan fingerprint density at radius 1 is 1.57 bits per heavy atom. The van der Waals surface area contributed by atoms with Crippen LogP contribution in [0.2, 0.25) is 0 Å². The molecule has 2 amide bonds. The van der Waals surface area contributed by atoms with Crippen molar-refractivity contribution in [1.29, 1.82) is 0 Å². The first-order valence-electron chi connectivity index (χ1n) is 4.46. The molecule has 14 heavy (non-hydrogen) atoms. The number of carbonyl (C=O) groups is 2. The van der Waals surface area contributed by atoms with E-state index in [1.165, 1.54) is 4.90 Å². The van der Waals surface area contributed by atoms with Crippen molar-refractivity contribution in [1.82, 2.24) is 4.90 Å². The third-order valence-electron chi connectivity index (χ3n) is 2.29. The van der Waals surface area contributed by atoms with Gasteiger partial charge in [0.15, 0.2) is 0 Å². The highest BCUT2D eigenvalue weighted by Gasteiger charge is 2.36. The molecule has 0 spiro atoms. The maximum Gasteiger partial charge on any atom is 0.232 e. The van der Waals surface area contributed by atoms with Gasteiger partial charge in [0.25, 0.3) is 0 Å². The fourth-order valence-electron chi connectivity index (χ4n) is 1.55. The van der Waals surface area contributed by atoms with E-state index in [4.69, 9.17) is 0 Å². The molecule has 6 heteroatoms. The minimum Gasteiger partial charge on any atom is -0.772 e. The van der Waals surface area contributed by atoms with Gasteiger partial charge in [-0.2, -0.15) is 0 Å². The van der Waals surface area contributed by atoms with Crippen LogP contribution in [0.4, 0.5) is 0 Å². The molecule has 0 N–H and O–H groups in total. The second kappa shape index (κ2) is 4.65. The molecule has 0 aromatic heterocycles. The molecule has 1 aliphatic rings. The summed E-state index contributed by atoms with van der Waals surface area (Å²) in [6.45, 7) is 2.10. The largest absolute Gasteiger partial charge is 0.772 e. The second-order valence-corrected chi connectivity index (χ2v) is 4.19. The molecule has 0 radical (unpaired) electrons. The van der Waals surface area contributed by atoms with Crippen LogP contribution in [0.3, 0.4) is 0 Å². The SMILES string of the molecule is CCN1C(=O)CC(CCS(=O)[O-])C1=O. The van der Waals surface area contributed by atoms with Gasteiger partial charge in [0.2, 0.25) is 11.8 Å². The van der Waals surface area contributed by atoms with Crippen molar-refractivity contribution in [3.05, 3.63) is 0 Å². The zero-order valence-corrected chi connectivity index (χ0v) is 8.71. The van der Waals surface area contributed by atoms with E-state index in [9.17, 15) is 18.4 Å². The summed E-state index contributed by atoms with van der Waals surface area (Å²) in [5, 5.41) is 0. The lowest BCUT2D eigenvalue weighted by molar-refractivity contribution is -0.139. The first-order chi connectivity index (χ1) is 6.56. The molecule has 1 aliphatic heterocycles. The average molecular weight is 218 g/mol. The normalized spacial score (nSPS) is 24.4. The van der Waals surface area contributed by atoms with Crippen LogP contribution in [-0.4, -0.2) is 37.8 Å². The summed E-state index contributed by atoms with van der Waals surface area (Å²) >= 11 is -2.13. The summed E-state index contributed by atoms with van der Waals surface area (Å²) in [5.74, 6) is -0.913. The minimum atomic E-state index is -2.13. The second-order valence-electron chi connectivity index (χ2n) is 3.17. The summed E-state index contributed by atoms with van der Waals surface area (Å²) < 4.78 is 20.6. The van der Waals surface area contributed by atoms with Gasteiger partial charge in [-0.25, -0.2) is 0 Å². The van der Waals surface area contributed by atoms with Crippen LogP contribution >= 0.6 is 0 Å². The monoisotopic (exact) mass is 218 g/mol. The van der Waals surface area contributed by atoms with Crippen molar-refractivity contribution in [3.8, 4) is 0 Å². The lowest BCUT2D eigenvalue weighted by Crippen LogP contribution is -2.30. The molecule has 0 aliphatic carbocycles. The van der Waals surface area contributed by atoms with E-state index >= 15 is 0 Å². The van der Waals surface area contributed by atoms with Crippen LogP contribution in [0.5, 0.6) is 0 Å². The summed E-state index contributed by atoms with van der Waals surface area (Å²) in [6, 6.07) is 0. The van der Waals surface area contributed by atoms with Crippen LogP contribution in [-0.2, 0) is 20.7 Å². The van der Waals surface area contributed by atoms with Crippen molar-refractivity contribution >= 4 is 22.9 Å². The van der Waals surface area contributed by atoms with Gasteiger partial charge >= 0.3 is 0 Å². The quantitative estimate of drug-likeness (QED) is 0.477. The molecule has 1 heterocycles. The van der Waals surface area contributed by atoms with Crippen LogP contribution < -0.4 is 0 Å². The predicted molar refractivity (Wildman–Crippen MR) is 48.9 cm³/mol. The van der Waals surface area contributed by atoms with Gasteiger partial charge < -0.3 is 4.55 Å². The molecule has 0 aromatic rings. The molecule has 0 saturated carbocycles. The van der Waals surface area contributed by atoms with E-state index < -0.39 is 17.0 Å². The van der Waals surface area contributed by atoms with E-state index in [-0.39, 0.29) is 30.4 Å². The number of rotatable bonds is 4. The van der Waals surface area contributed by atoms with Crippen LogP contribution in [0, 0.1) is 5.92 Å². The van der Waals surface area contributed by atoms with Crippen molar-refractivity contribution in [2.24, 2.45) is 5.92 Å². The Bertz CT molecular complexity index is 279. The molecule has 2 atom stereocenters. The van der Waals surface area contributed by atoms with Crippen molar-refractivity contribution in [3.63, 3.8) is 0 Å². The Hall–Kier alpha value is -0.750. The van der Waals surface area contributed by atoms with E-state index in [1.807, 2.05) is 0 Å². The Labute approximate surface area is 84.7 Å². The molecule has 5 nitrogen and oxygen atoms in total. The molecular formula is C8H12NO4S-. The fraction of sp³-hybridized carbons (Fsp3) is 0.750. The molecule has 80 valence electrons. The molecule has 0 bridgehead atoms. The predicted octanol–water partition coefficient (Wildman–Crippen LogP) is -0.349. The van der Waals surface area contributed by atoms with Gasteiger partial charge in [0.1, 0.15) is 0 Å². The van der Waals surface area contributed by atoms with E-state index in [2.05, 4.69) is 0 Å². The number of amides is 2. The van der Waals surface area contributed by atoms with Crippen LogP contribution in [0.1, 0.15) is 19.8 Å². The number of likely N-dealkylation sites (tertiary alicyclic amines) is 1. The molecule has 2 unspecified atom stereocenters. The highest BCUT2D eigenvalue weighted by Crippen LogP contribution is 2.22. The first-order valence-corrected chi connectivity index (χ1v) is 5.70.